The van der Waals surface area contributed by atoms with Gasteiger partial charge in [-0.05, 0) is 24.8 Å². The Balaban J connectivity index is 1.76. The number of likely N-dealkylation sites (tertiary alicyclic amines) is 1. The molecule has 1 aliphatic rings. The van der Waals surface area contributed by atoms with Gasteiger partial charge in [0.25, 0.3) is 0 Å². The normalized spacial score (nSPS) is 20.2. The number of hydrogen-bond donors (Lipinski definition) is 2. The number of nitrogens with zero attached hydrogens (tertiary/aromatic N) is 1. The van der Waals surface area contributed by atoms with Crippen LogP contribution in [-0.4, -0.2) is 42.4 Å². The van der Waals surface area contributed by atoms with E-state index < -0.39 is 6.04 Å². The van der Waals surface area contributed by atoms with Crippen LogP contribution in [-0.2, 0) is 16.0 Å². The fraction of sp³-hybridized carbons (Fsp3) is 0.500. The lowest BCUT2D eigenvalue weighted by Crippen LogP contribution is -2.52. The van der Waals surface area contributed by atoms with Crippen molar-refractivity contribution in [2.24, 2.45) is 5.73 Å². The van der Waals surface area contributed by atoms with Crippen molar-refractivity contribution in [3.05, 3.63) is 35.9 Å². The van der Waals surface area contributed by atoms with E-state index >= 15 is 0 Å². The highest BCUT2D eigenvalue weighted by atomic mass is 16.2. The first kappa shape index (κ1) is 15.5. The summed E-state index contributed by atoms with van der Waals surface area (Å²) in [4.78, 5) is 25.1. The van der Waals surface area contributed by atoms with Gasteiger partial charge in [0.05, 0.1) is 6.04 Å². The molecule has 0 saturated carbocycles. The number of nitrogens with one attached hydrogen (secondary N) is 1. The first-order valence-corrected chi connectivity index (χ1v) is 7.40. The molecule has 2 atom stereocenters. The molecule has 0 spiro atoms. The molecule has 1 fully saturated rings. The molecule has 2 rings (SSSR count). The maximum Gasteiger partial charge on any atom is 0.237 e. The van der Waals surface area contributed by atoms with Crippen molar-refractivity contribution >= 4 is 11.8 Å². The Morgan fingerprint density at radius 3 is 2.81 bits per heavy atom. The van der Waals surface area contributed by atoms with E-state index in [0.717, 1.165) is 6.42 Å². The van der Waals surface area contributed by atoms with Crippen molar-refractivity contribution in [3.63, 3.8) is 0 Å². The quantitative estimate of drug-likeness (QED) is 0.837. The standard InChI is InChI=1S/C16H23N3O2/c1-19-11-13(8-10-15(19)20)18-16(21)14(17)9-7-12-5-3-2-4-6-12/h2-6,13-14H,7-11,17H2,1H3,(H,18,21)/t13?,14-/m0/s1. The third kappa shape index (κ3) is 4.56. The molecule has 1 aromatic carbocycles. The van der Waals surface area contributed by atoms with Gasteiger partial charge in [-0.3, -0.25) is 9.59 Å². The highest BCUT2D eigenvalue weighted by molar-refractivity contribution is 5.82. The van der Waals surface area contributed by atoms with Crippen LogP contribution in [0.25, 0.3) is 0 Å². The summed E-state index contributed by atoms with van der Waals surface area (Å²) < 4.78 is 0. The molecule has 21 heavy (non-hydrogen) atoms. The van der Waals surface area contributed by atoms with Crippen LogP contribution in [0.1, 0.15) is 24.8 Å². The predicted octanol–water partition coefficient (Wildman–Crippen LogP) is 0.684. The van der Waals surface area contributed by atoms with Crippen LogP contribution in [0.3, 0.4) is 0 Å². The SMILES string of the molecule is CN1CC(NC(=O)[C@@H](N)CCc2ccccc2)CCC1=O. The number of piperidine rings is 1. The summed E-state index contributed by atoms with van der Waals surface area (Å²) in [6.45, 7) is 0.565. The minimum absolute atomic E-state index is 0.0166. The lowest BCUT2D eigenvalue weighted by atomic mass is 10.0. The number of benzene rings is 1. The van der Waals surface area contributed by atoms with Crippen LogP contribution in [0.15, 0.2) is 30.3 Å². The van der Waals surface area contributed by atoms with E-state index in [9.17, 15) is 9.59 Å². The number of hydrogen-bond acceptors (Lipinski definition) is 3. The summed E-state index contributed by atoms with van der Waals surface area (Å²) in [5, 5.41) is 2.95. The molecule has 1 heterocycles. The first-order chi connectivity index (χ1) is 10.1. The molecule has 2 amide bonds. The van der Waals surface area contributed by atoms with Gasteiger partial charge in [-0.25, -0.2) is 0 Å². The average molecular weight is 289 g/mol. The Hall–Kier alpha value is -1.88. The van der Waals surface area contributed by atoms with E-state index in [-0.39, 0.29) is 17.9 Å². The third-order valence-corrected chi connectivity index (χ3v) is 3.90. The fourth-order valence-corrected chi connectivity index (χ4v) is 2.54. The second-order valence-electron chi connectivity index (χ2n) is 5.65. The van der Waals surface area contributed by atoms with E-state index in [4.69, 9.17) is 5.73 Å². The van der Waals surface area contributed by atoms with Gasteiger partial charge in [0.1, 0.15) is 0 Å². The van der Waals surface area contributed by atoms with Crippen molar-refractivity contribution in [2.45, 2.75) is 37.8 Å². The second kappa shape index (κ2) is 7.22. The van der Waals surface area contributed by atoms with E-state index in [1.54, 1.807) is 11.9 Å². The predicted molar refractivity (Wildman–Crippen MR) is 81.5 cm³/mol. The van der Waals surface area contributed by atoms with Gasteiger partial charge >= 0.3 is 0 Å². The van der Waals surface area contributed by atoms with Crippen molar-refractivity contribution in [1.82, 2.24) is 10.2 Å². The number of likely N-dealkylation sites (N-methyl/N-ethyl adjacent to an activating group) is 1. The summed E-state index contributed by atoms with van der Waals surface area (Å²) in [7, 11) is 1.76. The summed E-state index contributed by atoms with van der Waals surface area (Å²) >= 11 is 0. The van der Waals surface area contributed by atoms with Gasteiger partial charge in [0.15, 0.2) is 0 Å². The van der Waals surface area contributed by atoms with E-state index in [1.807, 2.05) is 30.3 Å². The Kier molecular flexibility index (Phi) is 5.33. The van der Waals surface area contributed by atoms with Gasteiger partial charge in [-0.1, -0.05) is 30.3 Å². The molecule has 0 radical (unpaired) electrons. The number of rotatable bonds is 5. The zero-order valence-corrected chi connectivity index (χ0v) is 12.4. The van der Waals surface area contributed by atoms with Crippen LogP contribution in [0.2, 0.25) is 0 Å². The van der Waals surface area contributed by atoms with Gasteiger partial charge in [0.2, 0.25) is 11.8 Å². The highest BCUT2D eigenvalue weighted by Gasteiger charge is 2.25. The molecule has 3 N–H and O–H groups in total. The third-order valence-electron chi connectivity index (χ3n) is 3.90. The molecule has 1 unspecified atom stereocenters. The smallest absolute Gasteiger partial charge is 0.237 e. The molecular weight excluding hydrogens is 266 g/mol. The Morgan fingerprint density at radius 2 is 2.14 bits per heavy atom. The molecule has 114 valence electrons. The van der Waals surface area contributed by atoms with Crippen molar-refractivity contribution in [3.8, 4) is 0 Å². The monoisotopic (exact) mass is 289 g/mol. The Labute approximate surface area is 125 Å². The van der Waals surface area contributed by atoms with Gasteiger partial charge < -0.3 is 16.0 Å². The average Bonchev–Trinajstić information content (AvgIpc) is 2.49. The van der Waals surface area contributed by atoms with Crippen LogP contribution < -0.4 is 11.1 Å². The van der Waals surface area contributed by atoms with E-state index in [2.05, 4.69) is 5.32 Å². The molecule has 5 heteroatoms. The number of carbonyl (C=O) groups excluding carboxylic acids is 2. The lowest BCUT2D eigenvalue weighted by Gasteiger charge is -2.30. The molecule has 0 bridgehead atoms. The molecule has 5 nitrogen and oxygen atoms in total. The zero-order chi connectivity index (χ0) is 15.2. The van der Waals surface area contributed by atoms with Crippen LogP contribution in [0, 0.1) is 0 Å². The molecule has 1 saturated heterocycles. The van der Waals surface area contributed by atoms with Crippen molar-refractivity contribution < 1.29 is 9.59 Å². The van der Waals surface area contributed by atoms with Gasteiger partial charge in [-0.2, -0.15) is 0 Å². The van der Waals surface area contributed by atoms with Crippen LogP contribution in [0.4, 0.5) is 0 Å². The largest absolute Gasteiger partial charge is 0.350 e. The van der Waals surface area contributed by atoms with Crippen molar-refractivity contribution in [2.75, 3.05) is 13.6 Å². The molecular formula is C16H23N3O2. The number of amides is 2. The topological polar surface area (TPSA) is 75.4 Å². The maximum atomic E-state index is 12.1. The molecule has 0 aliphatic carbocycles. The highest BCUT2D eigenvalue weighted by Crippen LogP contribution is 2.10. The molecule has 1 aliphatic heterocycles. The summed E-state index contributed by atoms with van der Waals surface area (Å²) in [6.07, 6.45) is 2.59. The fourth-order valence-electron chi connectivity index (χ4n) is 2.54. The Bertz CT molecular complexity index is 490. The van der Waals surface area contributed by atoms with E-state index in [0.29, 0.717) is 25.8 Å². The summed E-state index contributed by atoms with van der Waals surface area (Å²) in [6, 6.07) is 9.51. The van der Waals surface area contributed by atoms with Crippen LogP contribution in [0.5, 0.6) is 0 Å². The zero-order valence-electron chi connectivity index (χ0n) is 12.4. The van der Waals surface area contributed by atoms with Crippen molar-refractivity contribution in [1.29, 1.82) is 0 Å². The van der Waals surface area contributed by atoms with E-state index in [1.165, 1.54) is 5.56 Å². The number of nitrogens with two attached hydrogens (primary N) is 1. The van der Waals surface area contributed by atoms with Gasteiger partial charge in [-0.15, -0.1) is 0 Å². The molecule has 0 aromatic heterocycles. The number of carbonyl (C=O) groups is 2. The maximum absolute atomic E-state index is 12.1. The summed E-state index contributed by atoms with van der Waals surface area (Å²) in [5.41, 5.74) is 7.14. The minimum Gasteiger partial charge on any atom is -0.350 e. The van der Waals surface area contributed by atoms with Crippen LogP contribution >= 0.6 is 0 Å². The summed E-state index contributed by atoms with van der Waals surface area (Å²) in [5.74, 6) is 0.00700. The van der Waals surface area contributed by atoms with Gasteiger partial charge in [0, 0.05) is 26.1 Å². The minimum atomic E-state index is -0.506. The number of aryl methyl sites for hydroxylation is 1. The molecule has 1 aromatic rings. The lowest BCUT2D eigenvalue weighted by molar-refractivity contribution is -0.134. The Morgan fingerprint density at radius 1 is 1.43 bits per heavy atom. The second-order valence-corrected chi connectivity index (χ2v) is 5.65. The first-order valence-electron chi connectivity index (χ1n) is 7.40.